The van der Waals surface area contributed by atoms with Crippen molar-refractivity contribution in [3.8, 4) is 0 Å². The van der Waals surface area contributed by atoms with Gasteiger partial charge in [0.1, 0.15) is 17.2 Å². The fourth-order valence-electron chi connectivity index (χ4n) is 3.58. The lowest BCUT2D eigenvalue weighted by Crippen LogP contribution is -2.47. The van der Waals surface area contributed by atoms with Gasteiger partial charge in [-0.15, -0.1) is 24.0 Å². The van der Waals surface area contributed by atoms with Gasteiger partial charge in [-0.2, -0.15) is 5.10 Å². The second kappa shape index (κ2) is 10.1. The van der Waals surface area contributed by atoms with Gasteiger partial charge in [0.25, 0.3) is 0 Å². The van der Waals surface area contributed by atoms with Crippen LogP contribution in [-0.4, -0.2) is 39.9 Å². The van der Waals surface area contributed by atoms with Crippen molar-refractivity contribution in [2.24, 2.45) is 4.99 Å². The number of fused-ring (bicyclic) bond motifs is 2. The van der Waals surface area contributed by atoms with Crippen LogP contribution in [-0.2, 0) is 25.8 Å². The Kier molecular flexibility index (Phi) is 7.51. The van der Waals surface area contributed by atoms with E-state index in [1.807, 2.05) is 22.9 Å². The smallest absolute Gasteiger partial charge is 0.191 e. The minimum atomic E-state index is 0. The van der Waals surface area contributed by atoms with E-state index in [2.05, 4.69) is 46.7 Å². The third-order valence-electron chi connectivity index (χ3n) is 5.01. The molecule has 1 aromatic carbocycles. The maximum absolute atomic E-state index is 5.88. The summed E-state index contributed by atoms with van der Waals surface area (Å²) in [5.74, 6) is 3.85. The summed E-state index contributed by atoms with van der Waals surface area (Å²) in [6.45, 7) is 6.51. The van der Waals surface area contributed by atoms with Crippen molar-refractivity contribution >= 4 is 40.9 Å². The van der Waals surface area contributed by atoms with Crippen LogP contribution in [0.4, 0.5) is 0 Å². The average Bonchev–Trinajstić information content (AvgIpc) is 3.30. The van der Waals surface area contributed by atoms with Crippen LogP contribution in [0.3, 0.4) is 0 Å². The molecule has 0 saturated heterocycles. The van der Waals surface area contributed by atoms with Crippen molar-refractivity contribution in [1.82, 2.24) is 25.4 Å². The molecule has 0 saturated carbocycles. The number of hydrogen-bond donors (Lipinski definition) is 2. The standard InChI is InChI=1S/C21H28N6O.HI/c1-3-19-25-20-10-9-16(14-27(20)26-19)24-21(22-4-2)23-12-11-17-13-15-7-5-6-8-18(15)28-17;/h5-8,13,16H,3-4,9-12,14H2,1-2H3,(H2,22,23,24);1H. The van der Waals surface area contributed by atoms with Gasteiger partial charge in [0.15, 0.2) is 11.8 Å². The van der Waals surface area contributed by atoms with Gasteiger partial charge in [-0.25, -0.2) is 9.67 Å². The first-order chi connectivity index (χ1) is 13.7. The summed E-state index contributed by atoms with van der Waals surface area (Å²) in [5, 5.41) is 12.6. The lowest BCUT2D eigenvalue weighted by Gasteiger charge is -2.25. The molecule has 29 heavy (non-hydrogen) atoms. The van der Waals surface area contributed by atoms with E-state index < -0.39 is 0 Å². The fourth-order valence-corrected chi connectivity index (χ4v) is 3.58. The summed E-state index contributed by atoms with van der Waals surface area (Å²) in [7, 11) is 0. The normalized spacial score (nSPS) is 16.3. The Morgan fingerprint density at radius 1 is 1.31 bits per heavy atom. The molecule has 1 atom stereocenters. The van der Waals surface area contributed by atoms with Crippen molar-refractivity contribution in [2.45, 2.75) is 52.1 Å². The molecule has 0 amide bonds. The van der Waals surface area contributed by atoms with E-state index >= 15 is 0 Å². The summed E-state index contributed by atoms with van der Waals surface area (Å²) < 4.78 is 7.92. The fraction of sp³-hybridized carbons (Fsp3) is 0.476. The van der Waals surface area contributed by atoms with E-state index in [4.69, 9.17) is 9.41 Å². The predicted octanol–water partition coefficient (Wildman–Crippen LogP) is 3.32. The molecule has 1 aliphatic rings. The van der Waals surface area contributed by atoms with Gasteiger partial charge in [-0.1, -0.05) is 25.1 Å². The van der Waals surface area contributed by atoms with Gasteiger partial charge in [0, 0.05) is 43.8 Å². The van der Waals surface area contributed by atoms with Gasteiger partial charge in [0.05, 0.1) is 6.54 Å². The molecule has 0 spiro atoms. The third-order valence-corrected chi connectivity index (χ3v) is 5.01. The molecule has 0 fully saturated rings. The van der Waals surface area contributed by atoms with Crippen molar-refractivity contribution in [1.29, 1.82) is 0 Å². The Hall–Kier alpha value is -2.10. The molecule has 2 aromatic heterocycles. The molecule has 0 aliphatic carbocycles. The summed E-state index contributed by atoms with van der Waals surface area (Å²) in [6.07, 6.45) is 3.64. The highest BCUT2D eigenvalue weighted by atomic mass is 127. The Morgan fingerprint density at radius 2 is 2.17 bits per heavy atom. The van der Waals surface area contributed by atoms with E-state index in [0.29, 0.717) is 12.6 Å². The topological polar surface area (TPSA) is 80.3 Å². The van der Waals surface area contributed by atoms with Crippen LogP contribution in [0, 0.1) is 0 Å². The maximum atomic E-state index is 5.88. The Bertz CT molecular complexity index is 930. The van der Waals surface area contributed by atoms with Crippen molar-refractivity contribution < 1.29 is 4.42 Å². The number of guanidine groups is 1. The molecule has 3 heterocycles. The molecule has 0 radical (unpaired) electrons. The van der Waals surface area contributed by atoms with E-state index in [1.54, 1.807) is 0 Å². The summed E-state index contributed by atoms with van der Waals surface area (Å²) >= 11 is 0. The number of benzene rings is 1. The van der Waals surface area contributed by atoms with Gasteiger partial charge >= 0.3 is 0 Å². The zero-order valence-corrected chi connectivity index (χ0v) is 19.3. The summed E-state index contributed by atoms with van der Waals surface area (Å²) in [5.41, 5.74) is 0.934. The average molecular weight is 508 g/mol. The SMILES string of the molecule is CCNC(=NCCc1cc2ccccc2o1)NC1CCc2nc(CC)nn2C1.I. The molecular formula is C21H29IN6O. The lowest BCUT2D eigenvalue weighted by atomic mass is 10.1. The first-order valence-electron chi connectivity index (χ1n) is 10.2. The van der Waals surface area contributed by atoms with Crippen LogP contribution in [0.2, 0.25) is 0 Å². The molecule has 4 rings (SSSR count). The molecule has 7 nitrogen and oxygen atoms in total. The molecule has 156 valence electrons. The van der Waals surface area contributed by atoms with E-state index in [9.17, 15) is 0 Å². The van der Waals surface area contributed by atoms with Gasteiger partial charge in [0.2, 0.25) is 0 Å². The zero-order chi connectivity index (χ0) is 19.3. The van der Waals surface area contributed by atoms with Crippen LogP contribution in [0.5, 0.6) is 0 Å². The minimum Gasteiger partial charge on any atom is -0.461 e. The van der Waals surface area contributed by atoms with E-state index in [-0.39, 0.29) is 24.0 Å². The predicted molar refractivity (Wildman–Crippen MR) is 126 cm³/mol. The number of furan rings is 1. The molecule has 3 aromatic rings. The first-order valence-corrected chi connectivity index (χ1v) is 10.2. The first kappa shape index (κ1) is 21.6. The second-order valence-corrected chi connectivity index (χ2v) is 7.12. The van der Waals surface area contributed by atoms with E-state index in [0.717, 1.165) is 73.1 Å². The van der Waals surface area contributed by atoms with Crippen molar-refractivity contribution in [3.63, 3.8) is 0 Å². The number of nitrogens with one attached hydrogen (secondary N) is 2. The second-order valence-electron chi connectivity index (χ2n) is 7.12. The molecule has 2 N–H and O–H groups in total. The Morgan fingerprint density at radius 3 is 2.97 bits per heavy atom. The quantitative estimate of drug-likeness (QED) is 0.304. The lowest BCUT2D eigenvalue weighted by molar-refractivity contribution is 0.392. The van der Waals surface area contributed by atoms with Crippen LogP contribution >= 0.6 is 24.0 Å². The molecule has 8 heteroatoms. The number of rotatable bonds is 6. The van der Waals surface area contributed by atoms with Gasteiger partial charge < -0.3 is 15.1 Å². The number of para-hydroxylation sites is 1. The highest BCUT2D eigenvalue weighted by Crippen LogP contribution is 2.19. The summed E-state index contributed by atoms with van der Waals surface area (Å²) in [6, 6.07) is 10.5. The van der Waals surface area contributed by atoms with Crippen molar-refractivity contribution in [2.75, 3.05) is 13.1 Å². The molecular weight excluding hydrogens is 479 g/mol. The Labute approximate surface area is 188 Å². The monoisotopic (exact) mass is 508 g/mol. The number of hydrogen-bond acceptors (Lipinski definition) is 4. The van der Waals surface area contributed by atoms with Crippen LogP contribution in [0.1, 0.15) is 37.7 Å². The zero-order valence-electron chi connectivity index (χ0n) is 17.0. The van der Waals surface area contributed by atoms with Crippen LogP contribution in [0.15, 0.2) is 39.7 Å². The van der Waals surface area contributed by atoms with Crippen molar-refractivity contribution in [3.05, 3.63) is 47.7 Å². The largest absolute Gasteiger partial charge is 0.461 e. The van der Waals surface area contributed by atoms with Gasteiger partial charge in [-0.05, 0) is 25.5 Å². The highest BCUT2D eigenvalue weighted by Gasteiger charge is 2.22. The number of aryl methyl sites for hydroxylation is 2. The molecule has 0 bridgehead atoms. The molecule has 1 aliphatic heterocycles. The third kappa shape index (κ3) is 5.29. The Balaban J connectivity index is 0.00000240. The van der Waals surface area contributed by atoms with Crippen LogP contribution < -0.4 is 10.6 Å². The number of aliphatic imine (C=N–C) groups is 1. The molecule has 1 unspecified atom stereocenters. The summed E-state index contributed by atoms with van der Waals surface area (Å²) in [4.78, 5) is 9.33. The number of halogens is 1. The van der Waals surface area contributed by atoms with E-state index in [1.165, 1.54) is 0 Å². The highest BCUT2D eigenvalue weighted by molar-refractivity contribution is 14.0. The maximum Gasteiger partial charge on any atom is 0.191 e. The minimum absolute atomic E-state index is 0. The number of aromatic nitrogens is 3. The number of nitrogens with zero attached hydrogens (tertiary/aromatic N) is 4. The van der Waals surface area contributed by atoms with Gasteiger partial charge in [-0.3, -0.25) is 4.99 Å². The van der Waals surface area contributed by atoms with Crippen LogP contribution in [0.25, 0.3) is 11.0 Å².